The van der Waals surface area contributed by atoms with Crippen LogP contribution in [-0.4, -0.2) is 30.8 Å². The fraction of sp³-hybridized carbons (Fsp3) is 0.423. The summed E-state index contributed by atoms with van der Waals surface area (Å²) in [6.45, 7) is 10.3. The van der Waals surface area contributed by atoms with Gasteiger partial charge in [0.2, 0.25) is 0 Å². The van der Waals surface area contributed by atoms with Crippen molar-refractivity contribution >= 4 is 17.2 Å². The molecule has 0 aliphatic heterocycles. The lowest BCUT2D eigenvalue weighted by molar-refractivity contribution is -0.138. The zero-order valence-corrected chi connectivity index (χ0v) is 18.7. The molecule has 30 heavy (non-hydrogen) atoms. The summed E-state index contributed by atoms with van der Waals surface area (Å²) >= 11 is 0. The summed E-state index contributed by atoms with van der Waals surface area (Å²) in [6.07, 6.45) is 4.41. The van der Waals surface area contributed by atoms with Crippen molar-refractivity contribution in [2.24, 2.45) is 5.92 Å². The number of benzene rings is 2. The third-order valence-corrected chi connectivity index (χ3v) is 5.49. The topological polar surface area (TPSA) is 49.8 Å². The molecule has 4 heteroatoms. The Balaban J connectivity index is 1.82. The van der Waals surface area contributed by atoms with E-state index in [4.69, 9.17) is 4.74 Å². The Morgan fingerprint density at radius 3 is 2.43 bits per heavy atom. The zero-order chi connectivity index (χ0) is 21.9. The number of carbonyl (C=O) groups excluding carboxylic acids is 1. The van der Waals surface area contributed by atoms with Crippen molar-refractivity contribution in [1.29, 1.82) is 0 Å². The van der Waals surface area contributed by atoms with Gasteiger partial charge < -0.3 is 14.7 Å². The molecule has 0 heterocycles. The van der Waals surface area contributed by atoms with Crippen molar-refractivity contribution in [3.05, 3.63) is 65.7 Å². The fourth-order valence-corrected chi connectivity index (χ4v) is 3.50. The molecule has 0 fully saturated rings. The lowest BCUT2D eigenvalue weighted by Gasteiger charge is -2.21. The number of carbonyl (C=O) groups is 1. The molecule has 0 aliphatic rings. The van der Waals surface area contributed by atoms with E-state index in [1.165, 1.54) is 11.6 Å². The molecule has 2 aromatic carbocycles. The highest BCUT2D eigenvalue weighted by molar-refractivity contribution is 5.91. The number of phenols is 1. The predicted molar refractivity (Wildman–Crippen MR) is 125 cm³/mol. The molecule has 0 aliphatic carbocycles. The molecular weight excluding hydrogens is 374 g/mol. The van der Waals surface area contributed by atoms with E-state index in [1.54, 1.807) is 6.07 Å². The van der Waals surface area contributed by atoms with Gasteiger partial charge in [0.1, 0.15) is 5.75 Å². The number of esters is 1. The van der Waals surface area contributed by atoms with Gasteiger partial charge in [0.15, 0.2) is 0 Å². The van der Waals surface area contributed by atoms with E-state index in [2.05, 4.69) is 49.9 Å². The Bertz CT molecular complexity index is 825. The number of phenolic OH excluding ortho intramolecular Hbond substituents is 1. The van der Waals surface area contributed by atoms with E-state index in [0.717, 1.165) is 38.0 Å². The van der Waals surface area contributed by atoms with Crippen molar-refractivity contribution < 1.29 is 14.6 Å². The molecule has 1 atom stereocenters. The summed E-state index contributed by atoms with van der Waals surface area (Å²) in [4.78, 5) is 14.3. The first kappa shape index (κ1) is 23.5. The molecule has 0 amide bonds. The Hall–Kier alpha value is -2.75. The van der Waals surface area contributed by atoms with Crippen molar-refractivity contribution in [3.8, 4) is 5.75 Å². The number of hydrogen-bond donors (Lipinski definition) is 1. The number of aryl methyl sites for hydroxylation is 1. The SMILES string of the molecule is CCN(CC)c1ccc(/C(C)=C\C(=O)OCCC(C)CCc2ccccc2)c(O)c1. The van der Waals surface area contributed by atoms with Gasteiger partial charge in [0.25, 0.3) is 0 Å². The number of rotatable bonds is 11. The minimum Gasteiger partial charge on any atom is -0.507 e. The minimum atomic E-state index is -0.366. The normalized spacial score (nSPS) is 12.5. The van der Waals surface area contributed by atoms with Crippen molar-refractivity contribution in [1.82, 2.24) is 0 Å². The van der Waals surface area contributed by atoms with Crippen LogP contribution < -0.4 is 4.90 Å². The summed E-state index contributed by atoms with van der Waals surface area (Å²) < 4.78 is 5.39. The van der Waals surface area contributed by atoms with Crippen molar-refractivity contribution in [2.75, 3.05) is 24.6 Å². The maximum absolute atomic E-state index is 12.2. The summed E-state index contributed by atoms with van der Waals surface area (Å²) in [7, 11) is 0. The molecule has 2 aromatic rings. The van der Waals surface area contributed by atoms with Gasteiger partial charge in [0.05, 0.1) is 6.61 Å². The number of nitrogens with zero attached hydrogens (tertiary/aromatic N) is 1. The van der Waals surface area contributed by atoms with Gasteiger partial charge in [-0.3, -0.25) is 0 Å². The van der Waals surface area contributed by atoms with E-state index in [9.17, 15) is 9.90 Å². The van der Waals surface area contributed by atoms with Crippen molar-refractivity contribution in [2.45, 2.75) is 47.0 Å². The molecule has 1 unspecified atom stereocenters. The molecule has 0 saturated carbocycles. The summed E-state index contributed by atoms with van der Waals surface area (Å²) in [5.41, 5.74) is 3.66. The van der Waals surface area contributed by atoms with Crippen LogP contribution in [0.1, 0.15) is 51.7 Å². The Labute approximate surface area is 181 Å². The number of anilines is 1. The molecule has 0 aromatic heterocycles. The summed E-state index contributed by atoms with van der Waals surface area (Å²) in [5, 5.41) is 10.4. The maximum atomic E-state index is 12.2. The quantitative estimate of drug-likeness (QED) is 0.374. The fourth-order valence-electron chi connectivity index (χ4n) is 3.50. The third-order valence-electron chi connectivity index (χ3n) is 5.49. The molecule has 2 rings (SSSR count). The van der Waals surface area contributed by atoms with E-state index in [0.29, 0.717) is 23.7 Å². The van der Waals surface area contributed by atoms with Crippen LogP contribution in [-0.2, 0) is 16.0 Å². The van der Waals surface area contributed by atoms with Gasteiger partial charge in [-0.25, -0.2) is 4.79 Å². The second-order valence-corrected chi connectivity index (χ2v) is 7.79. The van der Waals surface area contributed by atoms with Crippen molar-refractivity contribution in [3.63, 3.8) is 0 Å². The van der Waals surface area contributed by atoms with Gasteiger partial charge in [-0.2, -0.15) is 0 Å². The lowest BCUT2D eigenvalue weighted by atomic mass is 9.99. The van der Waals surface area contributed by atoms with Gasteiger partial charge in [-0.05, 0) is 69.2 Å². The molecule has 1 N–H and O–H groups in total. The zero-order valence-electron chi connectivity index (χ0n) is 18.7. The highest BCUT2D eigenvalue weighted by Crippen LogP contribution is 2.29. The average molecular weight is 410 g/mol. The standard InChI is InChI=1S/C26H35NO3/c1-5-27(6-2)23-14-15-24(25(28)19-23)21(4)18-26(29)30-17-16-20(3)12-13-22-10-8-7-9-11-22/h7-11,14-15,18-20,28H,5-6,12-13,16-17H2,1-4H3/b21-18-. The molecule has 0 radical (unpaired) electrons. The number of ether oxygens (including phenoxy) is 1. The second-order valence-electron chi connectivity index (χ2n) is 7.79. The molecule has 0 spiro atoms. The van der Waals surface area contributed by atoms with Crippen LogP contribution >= 0.6 is 0 Å². The Morgan fingerprint density at radius 1 is 1.10 bits per heavy atom. The van der Waals surface area contributed by atoms with Crippen LogP contribution in [0.2, 0.25) is 0 Å². The molecule has 4 nitrogen and oxygen atoms in total. The smallest absolute Gasteiger partial charge is 0.331 e. The van der Waals surface area contributed by atoms with Crippen LogP contribution in [0.15, 0.2) is 54.6 Å². The van der Waals surface area contributed by atoms with E-state index in [-0.39, 0.29) is 11.7 Å². The molecule has 162 valence electrons. The van der Waals surface area contributed by atoms with Crippen LogP contribution in [0.4, 0.5) is 5.69 Å². The average Bonchev–Trinajstić information content (AvgIpc) is 2.74. The molecular formula is C26H35NO3. The minimum absolute atomic E-state index is 0.176. The number of hydrogen-bond acceptors (Lipinski definition) is 4. The highest BCUT2D eigenvalue weighted by Gasteiger charge is 2.10. The van der Waals surface area contributed by atoms with E-state index >= 15 is 0 Å². The summed E-state index contributed by atoms with van der Waals surface area (Å²) in [5.74, 6) is 0.296. The van der Waals surface area contributed by atoms with Crippen LogP contribution in [0, 0.1) is 5.92 Å². The third kappa shape index (κ3) is 7.25. The molecule has 0 bridgehead atoms. The first-order valence-electron chi connectivity index (χ1n) is 10.9. The van der Waals surface area contributed by atoms with Gasteiger partial charge in [0, 0.05) is 36.5 Å². The van der Waals surface area contributed by atoms with Crippen LogP contribution in [0.3, 0.4) is 0 Å². The van der Waals surface area contributed by atoms with E-state index in [1.807, 2.05) is 25.1 Å². The first-order chi connectivity index (χ1) is 14.4. The summed E-state index contributed by atoms with van der Waals surface area (Å²) in [6, 6.07) is 16.0. The van der Waals surface area contributed by atoms with Gasteiger partial charge >= 0.3 is 5.97 Å². The number of aromatic hydroxyl groups is 1. The van der Waals surface area contributed by atoms with Gasteiger partial charge in [-0.1, -0.05) is 37.3 Å². The van der Waals surface area contributed by atoms with Crippen LogP contribution in [0.25, 0.3) is 5.57 Å². The second kappa shape index (κ2) is 12.1. The van der Waals surface area contributed by atoms with Crippen LogP contribution in [0.5, 0.6) is 5.75 Å². The Kier molecular flexibility index (Phi) is 9.46. The Morgan fingerprint density at radius 2 is 1.80 bits per heavy atom. The maximum Gasteiger partial charge on any atom is 0.331 e. The lowest BCUT2D eigenvalue weighted by Crippen LogP contribution is -2.21. The predicted octanol–water partition coefficient (Wildman–Crippen LogP) is 5.84. The number of allylic oxidation sites excluding steroid dienone is 1. The molecule has 0 saturated heterocycles. The highest BCUT2D eigenvalue weighted by atomic mass is 16.5. The largest absolute Gasteiger partial charge is 0.507 e. The first-order valence-corrected chi connectivity index (χ1v) is 10.9. The van der Waals surface area contributed by atoms with E-state index < -0.39 is 0 Å². The monoisotopic (exact) mass is 409 g/mol. The van der Waals surface area contributed by atoms with Gasteiger partial charge in [-0.15, -0.1) is 0 Å².